The zero-order chi connectivity index (χ0) is 17.1. The fourth-order valence-corrected chi connectivity index (χ4v) is 2.78. The Balaban J connectivity index is 1.90. The Hall–Kier alpha value is -2.41. The second-order valence-corrected chi connectivity index (χ2v) is 5.85. The van der Waals surface area contributed by atoms with Crippen LogP contribution < -0.4 is 9.47 Å². The van der Waals surface area contributed by atoms with Crippen molar-refractivity contribution in [3.05, 3.63) is 53.9 Å². The van der Waals surface area contributed by atoms with Crippen molar-refractivity contribution in [2.45, 2.75) is 11.5 Å². The molecule has 24 heavy (non-hydrogen) atoms. The minimum Gasteiger partial charge on any atom is -0.494 e. The van der Waals surface area contributed by atoms with Gasteiger partial charge < -0.3 is 9.47 Å². The number of aromatic nitrogens is 2. The van der Waals surface area contributed by atoms with E-state index >= 15 is 0 Å². The van der Waals surface area contributed by atoms with Crippen LogP contribution in [0.5, 0.6) is 11.6 Å². The van der Waals surface area contributed by atoms with E-state index in [9.17, 15) is 8.78 Å². The first-order chi connectivity index (χ1) is 11.6. The third-order valence-corrected chi connectivity index (χ3v) is 4.12. The summed E-state index contributed by atoms with van der Waals surface area (Å²) in [6, 6.07) is 7.43. The summed E-state index contributed by atoms with van der Waals surface area (Å²) in [6.45, 7) is 0.116. The summed E-state index contributed by atoms with van der Waals surface area (Å²) in [5.41, 5.74) is 1.17. The van der Waals surface area contributed by atoms with E-state index in [1.54, 1.807) is 0 Å². The van der Waals surface area contributed by atoms with Crippen LogP contribution >= 0.6 is 11.8 Å². The molecule has 0 saturated heterocycles. The van der Waals surface area contributed by atoms with Gasteiger partial charge in [0.1, 0.15) is 18.8 Å². The predicted octanol–water partition coefficient (Wildman–Crippen LogP) is 4.22. The van der Waals surface area contributed by atoms with Gasteiger partial charge in [0, 0.05) is 11.0 Å². The Morgan fingerprint density at radius 3 is 2.67 bits per heavy atom. The van der Waals surface area contributed by atoms with Gasteiger partial charge in [-0.15, -0.1) is 11.8 Å². The van der Waals surface area contributed by atoms with E-state index < -0.39 is 5.82 Å². The Kier molecular flexibility index (Phi) is 4.80. The number of thioether (sulfide) groups is 1. The van der Waals surface area contributed by atoms with E-state index in [1.165, 1.54) is 49.5 Å². The highest BCUT2D eigenvalue weighted by Crippen LogP contribution is 2.28. The fraction of sp³-hybridized carbons (Fsp3) is 0.176. The number of hydrogen-bond acceptors (Lipinski definition) is 5. The maximum Gasteiger partial charge on any atom is 0.224 e. The van der Waals surface area contributed by atoms with Crippen molar-refractivity contribution >= 4 is 22.7 Å². The molecule has 0 unspecified atom stereocenters. The quantitative estimate of drug-likeness (QED) is 0.646. The van der Waals surface area contributed by atoms with Crippen molar-refractivity contribution in [2.75, 3.05) is 13.4 Å². The largest absolute Gasteiger partial charge is 0.494 e. The van der Waals surface area contributed by atoms with E-state index in [4.69, 9.17) is 9.47 Å². The molecule has 0 aliphatic heterocycles. The van der Waals surface area contributed by atoms with E-state index in [1.807, 2.05) is 12.3 Å². The van der Waals surface area contributed by atoms with Crippen molar-refractivity contribution in [3.63, 3.8) is 0 Å². The number of halogens is 2. The van der Waals surface area contributed by atoms with Crippen LogP contribution in [0.4, 0.5) is 8.78 Å². The lowest BCUT2D eigenvalue weighted by atomic mass is 10.2. The fourth-order valence-electron chi connectivity index (χ4n) is 2.28. The van der Waals surface area contributed by atoms with Crippen molar-refractivity contribution in [1.29, 1.82) is 0 Å². The van der Waals surface area contributed by atoms with Crippen LogP contribution in [-0.2, 0) is 6.61 Å². The number of rotatable bonds is 5. The summed E-state index contributed by atoms with van der Waals surface area (Å²) in [7, 11) is 1.39. The summed E-state index contributed by atoms with van der Waals surface area (Å²) >= 11 is 1.44. The van der Waals surface area contributed by atoms with Crippen molar-refractivity contribution in [1.82, 2.24) is 9.97 Å². The van der Waals surface area contributed by atoms with Crippen LogP contribution in [0.2, 0.25) is 0 Å². The van der Waals surface area contributed by atoms with Crippen LogP contribution in [-0.4, -0.2) is 23.3 Å². The Labute approximate surface area is 141 Å². The summed E-state index contributed by atoms with van der Waals surface area (Å²) in [6.07, 6.45) is 3.20. The highest BCUT2D eigenvalue weighted by atomic mass is 32.2. The van der Waals surface area contributed by atoms with Crippen LogP contribution in [0.1, 0.15) is 5.56 Å². The van der Waals surface area contributed by atoms with Gasteiger partial charge >= 0.3 is 0 Å². The smallest absolute Gasteiger partial charge is 0.224 e. The normalized spacial score (nSPS) is 10.8. The van der Waals surface area contributed by atoms with Crippen LogP contribution in [0.15, 0.2) is 41.6 Å². The third kappa shape index (κ3) is 3.41. The van der Waals surface area contributed by atoms with Gasteiger partial charge in [-0.05, 0) is 36.1 Å². The monoisotopic (exact) mass is 348 g/mol. The average Bonchev–Trinajstić information content (AvgIpc) is 2.58. The van der Waals surface area contributed by atoms with Crippen molar-refractivity contribution in [3.8, 4) is 11.6 Å². The lowest BCUT2D eigenvalue weighted by Gasteiger charge is -2.10. The highest BCUT2D eigenvalue weighted by molar-refractivity contribution is 7.98. The van der Waals surface area contributed by atoms with Gasteiger partial charge in [-0.2, -0.15) is 0 Å². The van der Waals surface area contributed by atoms with Gasteiger partial charge in [0.2, 0.25) is 5.88 Å². The standard InChI is InChI=1S/C17H14F2N2O2S/c1-22-16-7-15-13(6-14(16)19)17(21-9-20-15)23-8-10-3-11(18)5-12(4-10)24-2/h3-7,9H,8H2,1-2H3. The van der Waals surface area contributed by atoms with Gasteiger partial charge in [-0.3, -0.25) is 0 Å². The molecule has 1 heterocycles. The maximum atomic E-state index is 13.9. The molecule has 3 aromatic rings. The van der Waals surface area contributed by atoms with Crippen molar-refractivity contribution in [2.24, 2.45) is 0 Å². The molecule has 0 fully saturated rings. The molecule has 4 nitrogen and oxygen atoms in total. The van der Waals surface area contributed by atoms with Gasteiger partial charge in [0.15, 0.2) is 11.6 Å². The zero-order valence-electron chi connectivity index (χ0n) is 13.0. The van der Waals surface area contributed by atoms with Crippen LogP contribution in [0.3, 0.4) is 0 Å². The summed E-state index contributed by atoms with van der Waals surface area (Å²) in [5, 5.41) is 0.428. The molecule has 0 aliphatic carbocycles. The highest BCUT2D eigenvalue weighted by Gasteiger charge is 2.11. The molecule has 2 aromatic carbocycles. The number of fused-ring (bicyclic) bond motifs is 1. The minimum atomic E-state index is -0.528. The van der Waals surface area contributed by atoms with Gasteiger partial charge in [0.05, 0.1) is 18.0 Å². The molecule has 1 aromatic heterocycles. The van der Waals surface area contributed by atoms with E-state index in [2.05, 4.69) is 9.97 Å². The molecule has 124 valence electrons. The van der Waals surface area contributed by atoms with Gasteiger partial charge in [-0.25, -0.2) is 18.7 Å². The summed E-state index contributed by atoms with van der Waals surface area (Å²) < 4.78 is 38.1. The van der Waals surface area contributed by atoms with E-state index in [0.717, 1.165) is 4.90 Å². The zero-order valence-corrected chi connectivity index (χ0v) is 13.9. The van der Waals surface area contributed by atoms with Crippen LogP contribution in [0.25, 0.3) is 10.9 Å². The molecule has 0 radical (unpaired) electrons. The number of benzene rings is 2. The molecule has 0 bridgehead atoms. The second-order valence-electron chi connectivity index (χ2n) is 4.97. The summed E-state index contributed by atoms with van der Waals surface area (Å²) in [5.74, 6) is -0.526. The number of hydrogen-bond donors (Lipinski definition) is 0. The van der Waals surface area contributed by atoms with Crippen LogP contribution in [0, 0.1) is 11.6 Å². The minimum absolute atomic E-state index is 0.0990. The SMILES string of the molecule is COc1cc2ncnc(OCc3cc(F)cc(SC)c3)c2cc1F. The van der Waals surface area contributed by atoms with Gasteiger partial charge in [-0.1, -0.05) is 0 Å². The molecule has 0 amide bonds. The molecule has 0 spiro atoms. The Morgan fingerprint density at radius 1 is 1.08 bits per heavy atom. The first-order valence-electron chi connectivity index (χ1n) is 7.05. The second kappa shape index (κ2) is 7.00. The Morgan fingerprint density at radius 2 is 1.92 bits per heavy atom. The average molecular weight is 348 g/mol. The molecule has 0 saturated carbocycles. The number of methoxy groups -OCH3 is 1. The summed E-state index contributed by atoms with van der Waals surface area (Å²) in [4.78, 5) is 8.93. The van der Waals surface area contributed by atoms with E-state index in [-0.39, 0.29) is 24.1 Å². The lowest BCUT2D eigenvalue weighted by Crippen LogP contribution is -2.00. The molecule has 3 rings (SSSR count). The first kappa shape index (κ1) is 16.4. The lowest BCUT2D eigenvalue weighted by molar-refractivity contribution is 0.296. The molecular weight excluding hydrogens is 334 g/mol. The number of nitrogens with zero attached hydrogens (tertiary/aromatic N) is 2. The molecule has 7 heteroatoms. The van der Waals surface area contributed by atoms with E-state index in [0.29, 0.717) is 16.5 Å². The van der Waals surface area contributed by atoms with Gasteiger partial charge in [0.25, 0.3) is 0 Å². The maximum absolute atomic E-state index is 13.9. The third-order valence-electron chi connectivity index (χ3n) is 3.41. The number of ether oxygens (including phenoxy) is 2. The predicted molar refractivity (Wildman–Crippen MR) is 88.6 cm³/mol. The first-order valence-corrected chi connectivity index (χ1v) is 8.27. The molecule has 0 aliphatic rings. The molecular formula is C17H14F2N2O2S. The molecule has 0 atom stereocenters. The van der Waals surface area contributed by atoms with Crippen molar-refractivity contribution < 1.29 is 18.3 Å². The topological polar surface area (TPSA) is 44.2 Å². The molecule has 0 N–H and O–H groups in total. The Bertz CT molecular complexity index is 890.